The average molecular weight is 276 g/mol. The Morgan fingerprint density at radius 2 is 1.67 bits per heavy atom. The van der Waals surface area contributed by atoms with Gasteiger partial charge in [0, 0.05) is 19.6 Å². The van der Waals surface area contributed by atoms with Gasteiger partial charge < -0.3 is 4.90 Å². The standard InChI is InChI=1S/C13H28N2O2S/c1-4-11-18(16,17)15-9-7-13(8-10-15)12-14(5-2)6-3/h13H,4-12H2,1-3H3. The molecule has 1 fully saturated rings. The molecule has 0 N–H and O–H groups in total. The fourth-order valence-electron chi connectivity index (χ4n) is 2.60. The van der Waals surface area contributed by atoms with Crippen LogP contribution in [0.15, 0.2) is 0 Å². The minimum absolute atomic E-state index is 0.299. The lowest BCUT2D eigenvalue weighted by molar-refractivity contribution is 0.193. The molecule has 18 heavy (non-hydrogen) atoms. The molecule has 0 spiro atoms. The van der Waals surface area contributed by atoms with Crippen LogP contribution in [-0.2, 0) is 10.0 Å². The Hall–Kier alpha value is -0.130. The molecule has 1 rings (SSSR count). The molecule has 1 saturated heterocycles. The van der Waals surface area contributed by atoms with Gasteiger partial charge in [0.2, 0.25) is 10.0 Å². The van der Waals surface area contributed by atoms with Crippen LogP contribution in [-0.4, -0.2) is 56.1 Å². The molecule has 0 radical (unpaired) electrons. The fourth-order valence-corrected chi connectivity index (χ4v) is 4.15. The maximum absolute atomic E-state index is 11.9. The predicted octanol–water partition coefficient (Wildman–Crippen LogP) is 1.78. The van der Waals surface area contributed by atoms with Gasteiger partial charge in [0.1, 0.15) is 0 Å². The summed E-state index contributed by atoms with van der Waals surface area (Å²) in [5, 5.41) is 0. The molecule has 108 valence electrons. The third-order valence-corrected chi connectivity index (χ3v) is 5.92. The maximum atomic E-state index is 11.9. The summed E-state index contributed by atoms with van der Waals surface area (Å²) in [5.41, 5.74) is 0. The Morgan fingerprint density at radius 3 is 2.11 bits per heavy atom. The summed E-state index contributed by atoms with van der Waals surface area (Å²) < 4.78 is 25.6. The normalized spacial score (nSPS) is 19.6. The number of rotatable bonds is 7. The zero-order chi connectivity index (χ0) is 13.6. The van der Waals surface area contributed by atoms with Gasteiger partial charge in [-0.1, -0.05) is 20.8 Å². The van der Waals surface area contributed by atoms with Crippen molar-refractivity contribution in [1.29, 1.82) is 0 Å². The summed E-state index contributed by atoms with van der Waals surface area (Å²) in [7, 11) is -2.98. The van der Waals surface area contributed by atoms with E-state index in [1.165, 1.54) is 0 Å². The third kappa shape index (κ3) is 4.52. The minimum Gasteiger partial charge on any atom is -0.304 e. The van der Waals surface area contributed by atoms with E-state index in [1.54, 1.807) is 4.31 Å². The maximum Gasteiger partial charge on any atom is 0.214 e. The van der Waals surface area contributed by atoms with E-state index in [4.69, 9.17) is 0 Å². The second-order valence-electron chi connectivity index (χ2n) is 5.14. The molecule has 0 amide bonds. The van der Waals surface area contributed by atoms with Crippen LogP contribution >= 0.6 is 0 Å². The molecule has 0 saturated carbocycles. The molecule has 0 aromatic carbocycles. The van der Waals surface area contributed by atoms with Crippen LogP contribution in [0.1, 0.15) is 40.0 Å². The van der Waals surface area contributed by atoms with Gasteiger partial charge in [0.25, 0.3) is 0 Å². The number of piperidine rings is 1. The van der Waals surface area contributed by atoms with Crippen LogP contribution in [0.2, 0.25) is 0 Å². The Kier molecular flexibility index (Phi) is 6.60. The summed E-state index contributed by atoms with van der Waals surface area (Å²) in [4.78, 5) is 2.43. The molecular formula is C13H28N2O2S. The van der Waals surface area contributed by atoms with Crippen molar-refractivity contribution in [3.8, 4) is 0 Å². The molecule has 0 aromatic rings. The summed E-state index contributed by atoms with van der Waals surface area (Å²) in [6.07, 6.45) is 2.74. The largest absolute Gasteiger partial charge is 0.304 e. The van der Waals surface area contributed by atoms with Crippen LogP contribution < -0.4 is 0 Å². The average Bonchev–Trinajstić information content (AvgIpc) is 2.36. The minimum atomic E-state index is -2.98. The number of sulfonamides is 1. The van der Waals surface area contributed by atoms with E-state index in [9.17, 15) is 8.42 Å². The molecule has 4 nitrogen and oxygen atoms in total. The monoisotopic (exact) mass is 276 g/mol. The third-order valence-electron chi connectivity index (χ3n) is 3.84. The van der Waals surface area contributed by atoms with Crippen LogP contribution in [0.25, 0.3) is 0 Å². The van der Waals surface area contributed by atoms with Crippen LogP contribution in [0.5, 0.6) is 0 Å². The van der Waals surface area contributed by atoms with Crippen LogP contribution in [0.3, 0.4) is 0 Å². The van der Waals surface area contributed by atoms with Crippen molar-refractivity contribution in [2.75, 3.05) is 38.5 Å². The van der Waals surface area contributed by atoms with E-state index in [2.05, 4.69) is 18.7 Å². The summed E-state index contributed by atoms with van der Waals surface area (Å²) in [5.74, 6) is 0.964. The van der Waals surface area contributed by atoms with E-state index >= 15 is 0 Å². The summed E-state index contributed by atoms with van der Waals surface area (Å²) >= 11 is 0. The first-order valence-electron chi connectivity index (χ1n) is 7.23. The van der Waals surface area contributed by atoms with E-state index in [0.29, 0.717) is 31.2 Å². The van der Waals surface area contributed by atoms with Crippen molar-refractivity contribution in [3.63, 3.8) is 0 Å². The van der Waals surface area contributed by atoms with Crippen molar-refractivity contribution >= 4 is 10.0 Å². The molecule has 1 heterocycles. The van der Waals surface area contributed by atoms with E-state index in [0.717, 1.165) is 32.5 Å². The van der Waals surface area contributed by atoms with Crippen molar-refractivity contribution in [2.24, 2.45) is 5.92 Å². The smallest absolute Gasteiger partial charge is 0.214 e. The predicted molar refractivity (Wildman–Crippen MR) is 76.2 cm³/mol. The zero-order valence-electron chi connectivity index (χ0n) is 12.1. The van der Waals surface area contributed by atoms with Gasteiger partial charge >= 0.3 is 0 Å². The van der Waals surface area contributed by atoms with E-state index in [-0.39, 0.29) is 0 Å². The lowest BCUT2D eigenvalue weighted by Gasteiger charge is -2.33. The highest BCUT2D eigenvalue weighted by Gasteiger charge is 2.27. The van der Waals surface area contributed by atoms with Gasteiger partial charge in [0.05, 0.1) is 5.75 Å². The number of nitrogens with zero attached hydrogens (tertiary/aromatic N) is 2. The molecule has 1 aliphatic heterocycles. The molecule has 0 unspecified atom stereocenters. The Bertz CT molecular complexity index is 318. The quantitative estimate of drug-likeness (QED) is 0.712. The molecule has 0 atom stereocenters. The van der Waals surface area contributed by atoms with Crippen LogP contribution in [0.4, 0.5) is 0 Å². The van der Waals surface area contributed by atoms with Gasteiger partial charge in [-0.05, 0) is 38.3 Å². The van der Waals surface area contributed by atoms with Crippen molar-refractivity contribution in [2.45, 2.75) is 40.0 Å². The lowest BCUT2D eigenvalue weighted by Crippen LogP contribution is -2.42. The highest BCUT2D eigenvalue weighted by Crippen LogP contribution is 2.21. The molecular weight excluding hydrogens is 248 g/mol. The Morgan fingerprint density at radius 1 is 1.11 bits per heavy atom. The highest BCUT2D eigenvalue weighted by molar-refractivity contribution is 7.89. The Labute approximate surface area is 112 Å². The summed E-state index contributed by atoms with van der Waals surface area (Å²) in [6, 6.07) is 0. The second kappa shape index (κ2) is 7.46. The SMILES string of the molecule is CCCS(=O)(=O)N1CCC(CN(CC)CC)CC1. The topological polar surface area (TPSA) is 40.6 Å². The van der Waals surface area contributed by atoms with Gasteiger partial charge in [0.15, 0.2) is 0 Å². The molecule has 0 aliphatic carbocycles. The molecule has 0 bridgehead atoms. The highest BCUT2D eigenvalue weighted by atomic mass is 32.2. The van der Waals surface area contributed by atoms with E-state index in [1.807, 2.05) is 6.92 Å². The van der Waals surface area contributed by atoms with Crippen LogP contribution in [0, 0.1) is 5.92 Å². The molecule has 1 aliphatic rings. The zero-order valence-corrected chi connectivity index (χ0v) is 12.9. The number of hydrogen-bond donors (Lipinski definition) is 0. The second-order valence-corrected chi connectivity index (χ2v) is 7.23. The van der Waals surface area contributed by atoms with Gasteiger partial charge in [-0.25, -0.2) is 12.7 Å². The van der Waals surface area contributed by atoms with Crippen molar-refractivity contribution < 1.29 is 8.42 Å². The van der Waals surface area contributed by atoms with Crippen molar-refractivity contribution in [3.05, 3.63) is 0 Å². The molecule has 5 heteroatoms. The van der Waals surface area contributed by atoms with E-state index < -0.39 is 10.0 Å². The summed E-state index contributed by atoms with van der Waals surface area (Å²) in [6.45, 7) is 11.0. The first-order chi connectivity index (χ1) is 8.53. The number of hydrogen-bond acceptors (Lipinski definition) is 3. The van der Waals surface area contributed by atoms with Gasteiger partial charge in [-0.3, -0.25) is 0 Å². The van der Waals surface area contributed by atoms with Crippen molar-refractivity contribution in [1.82, 2.24) is 9.21 Å². The first-order valence-corrected chi connectivity index (χ1v) is 8.84. The lowest BCUT2D eigenvalue weighted by atomic mass is 9.97. The van der Waals surface area contributed by atoms with Gasteiger partial charge in [-0.15, -0.1) is 0 Å². The fraction of sp³-hybridized carbons (Fsp3) is 1.00. The van der Waals surface area contributed by atoms with Gasteiger partial charge in [-0.2, -0.15) is 0 Å². The molecule has 0 aromatic heterocycles. The Balaban J connectivity index is 2.41. The first kappa shape index (κ1) is 15.9.